The van der Waals surface area contributed by atoms with Gasteiger partial charge in [-0.05, 0) is 74.6 Å². The predicted octanol–water partition coefficient (Wildman–Crippen LogP) is 7.06. The highest BCUT2D eigenvalue weighted by atomic mass is 35.5. The summed E-state index contributed by atoms with van der Waals surface area (Å²) in [6.07, 6.45) is 5.40. The third-order valence-electron chi connectivity index (χ3n) is 7.91. The van der Waals surface area contributed by atoms with Crippen LogP contribution >= 0.6 is 23.2 Å². The van der Waals surface area contributed by atoms with Gasteiger partial charge in [0.25, 0.3) is 10.0 Å². The van der Waals surface area contributed by atoms with E-state index in [9.17, 15) is 18.0 Å². The molecule has 1 aliphatic rings. The van der Waals surface area contributed by atoms with Crippen LogP contribution in [-0.2, 0) is 26.2 Å². The van der Waals surface area contributed by atoms with E-state index in [2.05, 4.69) is 5.32 Å². The number of hydrogen-bond donors (Lipinski definition) is 1. The number of hydrogen-bond acceptors (Lipinski definition) is 4. The normalized spacial score (nSPS) is 14.6. The molecule has 10 heteroatoms. The summed E-state index contributed by atoms with van der Waals surface area (Å²) in [6.45, 7) is 5.16. The second-order valence-electron chi connectivity index (χ2n) is 11.2. The lowest BCUT2D eigenvalue weighted by Gasteiger charge is -2.35. The maximum Gasteiger partial charge on any atom is 0.264 e. The molecule has 4 rings (SSSR count). The number of sulfonamides is 1. The Kier molecular flexibility index (Phi) is 11.2. The number of amides is 2. The van der Waals surface area contributed by atoms with Crippen molar-refractivity contribution < 1.29 is 18.0 Å². The average Bonchev–Trinajstić information content (AvgIpc) is 2.98. The van der Waals surface area contributed by atoms with E-state index in [0.29, 0.717) is 33.3 Å². The summed E-state index contributed by atoms with van der Waals surface area (Å²) in [5.74, 6) is -0.747. The number of anilines is 1. The predicted molar refractivity (Wildman–Crippen MR) is 173 cm³/mol. The topological polar surface area (TPSA) is 86.8 Å². The van der Waals surface area contributed by atoms with Gasteiger partial charge in [0.2, 0.25) is 11.8 Å². The van der Waals surface area contributed by atoms with Gasteiger partial charge >= 0.3 is 0 Å². The monoisotopic (exact) mass is 643 g/mol. The molecule has 1 fully saturated rings. The number of carbonyl (C=O) groups is 2. The molecule has 0 heterocycles. The van der Waals surface area contributed by atoms with E-state index in [1.54, 1.807) is 42.5 Å². The Morgan fingerprint density at radius 2 is 1.63 bits per heavy atom. The maximum absolute atomic E-state index is 14.3. The van der Waals surface area contributed by atoms with E-state index < -0.39 is 28.5 Å². The SMILES string of the molecule is CC[C@@H](C(=O)NC1CCCCC1)N(Cc1ccc(Cl)c(Cl)c1)C(=O)CN(c1ccc(C)cc1C)S(=O)(=O)c1ccccc1. The van der Waals surface area contributed by atoms with Crippen LogP contribution < -0.4 is 9.62 Å². The average molecular weight is 645 g/mol. The summed E-state index contributed by atoms with van der Waals surface area (Å²) in [4.78, 5) is 29.5. The summed E-state index contributed by atoms with van der Waals surface area (Å²) < 4.78 is 29.2. The van der Waals surface area contributed by atoms with Crippen LogP contribution in [0.2, 0.25) is 10.0 Å². The van der Waals surface area contributed by atoms with Gasteiger partial charge in [0.15, 0.2) is 0 Å². The zero-order valence-corrected chi connectivity index (χ0v) is 27.2. The standard InChI is InChI=1S/C33H39Cl2N3O4S/c1-4-30(33(40)36-26-11-7-5-8-12-26)37(21-25-16-17-28(34)29(35)20-25)32(39)22-38(31-18-15-23(2)19-24(31)3)43(41,42)27-13-9-6-10-14-27/h6,9-10,13-20,26,30H,4-5,7-8,11-12,21-22H2,1-3H3,(H,36,40)/t30-/m0/s1. The van der Waals surface area contributed by atoms with Crippen LogP contribution in [0, 0.1) is 13.8 Å². The number of nitrogens with one attached hydrogen (secondary N) is 1. The minimum absolute atomic E-state index is 0.0540. The Balaban J connectivity index is 1.73. The van der Waals surface area contributed by atoms with E-state index in [0.717, 1.165) is 42.0 Å². The van der Waals surface area contributed by atoms with Crippen molar-refractivity contribution in [1.29, 1.82) is 0 Å². The van der Waals surface area contributed by atoms with Crippen molar-refractivity contribution in [3.8, 4) is 0 Å². The van der Waals surface area contributed by atoms with Crippen LogP contribution in [0.1, 0.15) is 62.1 Å². The van der Waals surface area contributed by atoms with Gasteiger partial charge in [-0.1, -0.05) is 91.3 Å². The van der Waals surface area contributed by atoms with E-state index in [4.69, 9.17) is 23.2 Å². The van der Waals surface area contributed by atoms with Gasteiger partial charge in [0.1, 0.15) is 12.6 Å². The number of benzene rings is 3. The van der Waals surface area contributed by atoms with E-state index in [1.165, 1.54) is 17.0 Å². The third-order valence-corrected chi connectivity index (χ3v) is 10.4. The summed E-state index contributed by atoms with van der Waals surface area (Å²) in [6, 6.07) is 17.8. The van der Waals surface area contributed by atoms with Gasteiger partial charge in [-0.15, -0.1) is 0 Å². The molecule has 2 amide bonds. The van der Waals surface area contributed by atoms with Gasteiger partial charge in [-0.2, -0.15) is 0 Å². The molecule has 1 N–H and O–H groups in total. The zero-order valence-electron chi connectivity index (χ0n) is 24.9. The van der Waals surface area contributed by atoms with E-state index in [-0.39, 0.29) is 23.4 Å². The van der Waals surface area contributed by atoms with Crippen LogP contribution in [0.15, 0.2) is 71.6 Å². The van der Waals surface area contributed by atoms with E-state index in [1.807, 2.05) is 32.9 Å². The lowest BCUT2D eigenvalue weighted by molar-refractivity contribution is -0.140. The third kappa shape index (κ3) is 8.11. The molecule has 0 unspecified atom stereocenters. The second-order valence-corrected chi connectivity index (χ2v) is 13.8. The van der Waals surface area contributed by atoms with Crippen molar-refractivity contribution in [3.05, 3.63) is 93.5 Å². The first kappa shape index (κ1) is 32.8. The largest absolute Gasteiger partial charge is 0.352 e. The van der Waals surface area contributed by atoms with Crippen molar-refractivity contribution in [1.82, 2.24) is 10.2 Å². The number of halogens is 2. The Labute approximate surface area is 265 Å². The van der Waals surface area contributed by atoms with Crippen molar-refractivity contribution in [2.75, 3.05) is 10.8 Å². The van der Waals surface area contributed by atoms with Gasteiger partial charge in [-0.3, -0.25) is 13.9 Å². The first-order valence-electron chi connectivity index (χ1n) is 14.7. The molecule has 0 spiro atoms. The summed E-state index contributed by atoms with van der Waals surface area (Å²) in [7, 11) is -4.13. The lowest BCUT2D eigenvalue weighted by atomic mass is 9.95. The summed E-state index contributed by atoms with van der Waals surface area (Å²) >= 11 is 12.5. The fourth-order valence-corrected chi connectivity index (χ4v) is 7.44. The fraction of sp³-hybridized carbons (Fsp3) is 0.394. The van der Waals surface area contributed by atoms with Crippen molar-refractivity contribution in [3.63, 3.8) is 0 Å². The molecule has 0 radical (unpaired) electrons. The van der Waals surface area contributed by atoms with Crippen LogP contribution in [0.5, 0.6) is 0 Å². The summed E-state index contributed by atoms with van der Waals surface area (Å²) in [5.41, 5.74) is 2.76. The lowest BCUT2D eigenvalue weighted by Crippen LogP contribution is -2.54. The molecule has 0 bridgehead atoms. The Morgan fingerprint density at radius 1 is 0.930 bits per heavy atom. The highest BCUT2D eigenvalue weighted by Crippen LogP contribution is 2.29. The molecule has 230 valence electrons. The van der Waals surface area contributed by atoms with Crippen LogP contribution in [-0.4, -0.2) is 43.8 Å². The fourth-order valence-electron chi connectivity index (χ4n) is 5.62. The van der Waals surface area contributed by atoms with Crippen LogP contribution in [0.4, 0.5) is 5.69 Å². The number of nitrogens with zero attached hydrogens (tertiary/aromatic N) is 2. The molecule has 43 heavy (non-hydrogen) atoms. The maximum atomic E-state index is 14.3. The van der Waals surface area contributed by atoms with Gasteiger partial charge in [-0.25, -0.2) is 8.42 Å². The van der Waals surface area contributed by atoms with Crippen molar-refractivity contribution in [2.45, 2.75) is 82.8 Å². The molecular weight excluding hydrogens is 605 g/mol. The Morgan fingerprint density at radius 3 is 2.26 bits per heavy atom. The molecule has 0 saturated heterocycles. The minimum atomic E-state index is -4.13. The van der Waals surface area contributed by atoms with Gasteiger partial charge in [0, 0.05) is 12.6 Å². The minimum Gasteiger partial charge on any atom is -0.352 e. The Hall–Kier alpha value is -3.07. The van der Waals surface area contributed by atoms with Gasteiger partial charge < -0.3 is 10.2 Å². The van der Waals surface area contributed by atoms with Crippen LogP contribution in [0.3, 0.4) is 0 Å². The quantitative estimate of drug-likeness (QED) is 0.242. The van der Waals surface area contributed by atoms with Crippen molar-refractivity contribution in [2.24, 2.45) is 0 Å². The smallest absolute Gasteiger partial charge is 0.264 e. The molecule has 0 aliphatic heterocycles. The molecule has 1 aliphatic carbocycles. The molecule has 3 aromatic carbocycles. The first-order chi connectivity index (χ1) is 20.5. The highest BCUT2D eigenvalue weighted by molar-refractivity contribution is 7.92. The molecule has 7 nitrogen and oxygen atoms in total. The van der Waals surface area contributed by atoms with E-state index >= 15 is 0 Å². The number of carbonyl (C=O) groups excluding carboxylic acids is 2. The Bertz CT molecular complexity index is 1540. The molecule has 3 aromatic rings. The van der Waals surface area contributed by atoms with Crippen LogP contribution in [0.25, 0.3) is 0 Å². The molecule has 0 aromatic heterocycles. The molecule has 1 atom stereocenters. The van der Waals surface area contributed by atoms with Crippen molar-refractivity contribution >= 4 is 50.7 Å². The first-order valence-corrected chi connectivity index (χ1v) is 16.9. The second kappa shape index (κ2) is 14.6. The number of rotatable bonds is 11. The summed E-state index contributed by atoms with van der Waals surface area (Å²) in [5, 5.41) is 3.86. The molecular formula is C33H39Cl2N3O4S. The number of aryl methyl sites for hydroxylation is 2. The zero-order chi connectivity index (χ0) is 31.1. The molecule has 1 saturated carbocycles. The van der Waals surface area contributed by atoms with Gasteiger partial charge in [0.05, 0.1) is 20.6 Å². The highest BCUT2D eigenvalue weighted by Gasteiger charge is 2.35.